The Hall–Kier alpha value is -3.29. The van der Waals surface area contributed by atoms with Gasteiger partial charge in [0.2, 0.25) is 0 Å². The predicted octanol–water partition coefficient (Wildman–Crippen LogP) is 2.96. The molecule has 2 aromatic rings. The van der Waals surface area contributed by atoms with E-state index in [-0.39, 0.29) is 17.3 Å². The maximum absolute atomic E-state index is 12.8. The van der Waals surface area contributed by atoms with Crippen molar-refractivity contribution in [3.63, 3.8) is 0 Å². The zero-order valence-corrected chi connectivity index (χ0v) is 16.0. The molecule has 1 heterocycles. The fourth-order valence-corrected chi connectivity index (χ4v) is 3.21. The molecule has 0 atom stereocenters. The molecule has 8 nitrogen and oxygen atoms in total. The standard InChI is InChI=1S/C20H23N3O5/c1-3-28-19-9-4-15(14-18(19)23(25)26)20(24)22-12-10-21(11-13-22)16-5-7-17(27-2)8-6-16/h4-9,14H,3,10-13H2,1-2H3. The maximum atomic E-state index is 12.8. The van der Waals surface area contributed by atoms with Gasteiger partial charge in [0, 0.05) is 43.5 Å². The number of hydrogen-bond acceptors (Lipinski definition) is 6. The molecular weight excluding hydrogens is 362 g/mol. The Morgan fingerprint density at radius 2 is 1.79 bits per heavy atom. The smallest absolute Gasteiger partial charge is 0.311 e. The van der Waals surface area contributed by atoms with Gasteiger partial charge in [0.05, 0.1) is 18.6 Å². The Morgan fingerprint density at radius 3 is 2.36 bits per heavy atom. The average Bonchev–Trinajstić information content (AvgIpc) is 2.74. The van der Waals surface area contributed by atoms with Crippen LogP contribution in [0.3, 0.4) is 0 Å². The molecule has 1 fully saturated rings. The van der Waals surface area contributed by atoms with Gasteiger partial charge >= 0.3 is 5.69 Å². The third kappa shape index (κ3) is 4.16. The predicted molar refractivity (Wildman–Crippen MR) is 105 cm³/mol. The number of anilines is 1. The summed E-state index contributed by atoms with van der Waals surface area (Å²) in [5.41, 5.74) is 1.18. The van der Waals surface area contributed by atoms with Crippen molar-refractivity contribution in [2.24, 2.45) is 0 Å². The summed E-state index contributed by atoms with van der Waals surface area (Å²) in [6.45, 7) is 4.55. The van der Waals surface area contributed by atoms with Crippen LogP contribution in [0, 0.1) is 10.1 Å². The number of rotatable bonds is 6. The lowest BCUT2D eigenvalue weighted by molar-refractivity contribution is -0.385. The van der Waals surface area contributed by atoms with Crippen LogP contribution in [-0.2, 0) is 0 Å². The SMILES string of the molecule is CCOc1ccc(C(=O)N2CCN(c3ccc(OC)cc3)CC2)cc1[N+](=O)[O-]. The van der Waals surface area contributed by atoms with Crippen molar-refractivity contribution in [3.05, 3.63) is 58.1 Å². The van der Waals surface area contributed by atoms with Gasteiger partial charge in [-0.1, -0.05) is 0 Å². The average molecular weight is 385 g/mol. The Bertz CT molecular complexity index is 845. The second-order valence-corrected chi connectivity index (χ2v) is 6.35. The van der Waals surface area contributed by atoms with E-state index in [9.17, 15) is 14.9 Å². The molecular formula is C20H23N3O5. The van der Waals surface area contributed by atoms with E-state index in [4.69, 9.17) is 9.47 Å². The fourth-order valence-electron chi connectivity index (χ4n) is 3.21. The van der Waals surface area contributed by atoms with Gasteiger partial charge in [-0.3, -0.25) is 14.9 Å². The van der Waals surface area contributed by atoms with E-state index in [1.54, 1.807) is 25.0 Å². The molecule has 1 aliphatic heterocycles. The number of piperazine rings is 1. The van der Waals surface area contributed by atoms with Gasteiger partial charge in [0.1, 0.15) is 5.75 Å². The van der Waals surface area contributed by atoms with E-state index >= 15 is 0 Å². The van der Waals surface area contributed by atoms with Gasteiger partial charge in [0.25, 0.3) is 5.91 Å². The quantitative estimate of drug-likeness (QED) is 0.561. The molecule has 1 saturated heterocycles. The van der Waals surface area contributed by atoms with Crippen LogP contribution in [0.4, 0.5) is 11.4 Å². The first-order valence-corrected chi connectivity index (χ1v) is 9.13. The minimum Gasteiger partial charge on any atom is -0.497 e. The summed E-state index contributed by atoms with van der Waals surface area (Å²) in [6.07, 6.45) is 0. The molecule has 1 aliphatic rings. The van der Waals surface area contributed by atoms with Gasteiger partial charge in [-0.25, -0.2) is 0 Å². The number of nitro benzene ring substituents is 1. The van der Waals surface area contributed by atoms with Crippen LogP contribution in [0.5, 0.6) is 11.5 Å². The van der Waals surface area contributed by atoms with Crippen LogP contribution in [0.1, 0.15) is 17.3 Å². The molecule has 0 aromatic heterocycles. The highest BCUT2D eigenvalue weighted by molar-refractivity contribution is 5.95. The number of benzene rings is 2. The Labute approximate surface area is 163 Å². The third-order valence-electron chi connectivity index (χ3n) is 4.71. The molecule has 3 rings (SSSR count). The molecule has 1 amide bonds. The van der Waals surface area contributed by atoms with Crippen LogP contribution in [-0.4, -0.2) is 55.6 Å². The van der Waals surface area contributed by atoms with Crippen molar-refractivity contribution >= 4 is 17.3 Å². The molecule has 0 radical (unpaired) electrons. The number of nitrogens with zero attached hydrogens (tertiary/aromatic N) is 3. The lowest BCUT2D eigenvalue weighted by Crippen LogP contribution is -2.48. The molecule has 0 bridgehead atoms. The molecule has 0 saturated carbocycles. The summed E-state index contributed by atoms with van der Waals surface area (Å²) in [6, 6.07) is 12.2. The lowest BCUT2D eigenvalue weighted by atomic mass is 10.1. The van der Waals surface area contributed by atoms with Crippen LogP contribution < -0.4 is 14.4 Å². The minimum absolute atomic E-state index is 0.174. The van der Waals surface area contributed by atoms with Crippen molar-refractivity contribution in [1.82, 2.24) is 4.90 Å². The molecule has 0 aliphatic carbocycles. The Kier molecular flexibility index (Phi) is 5.98. The normalized spacial score (nSPS) is 13.9. The molecule has 0 unspecified atom stereocenters. The second-order valence-electron chi connectivity index (χ2n) is 6.35. The summed E-state index contributed by atoms with van der Waals surface area (Å²) >= 11 is 0. The fraction of sp³-hybridized carbons (Fsp3) is 0.350. The van der Waals surface area contributed by atoms with E-state index in [0.717, 1.165) is 11.4 Å². The summed E-state index contributed by atoms with van der Waals surface area (Å²) < 4.78 is 10.5. The van der Waals surface area contributed by atoms with Crippen molar-refractivity contribution in [2.45, 2.75) is 6.92 Å². The first-order chi connectivity index (χ1) is 13.5. The number of methoxy groups -OCH3 is 1. The van der Waals surface area contributed by atoms with Gasteiger partial charge in [0.15, 0.2) is 5.75 Å². The summed E-state index contributed by atoms with van der Waals surface area (Å²) in [7, 11) is 1.63. The first-order valence-electron chi connectivity index (χ1n) is 9.13. The zero-order chi connectivity index (χ0) is 20.1. The number of amides is 1. The van der Waals surface area contributed by atoms with Crippen molar-refractivity contribution < 1.29 is 19.2 Å². The molecule has 2 aromatic carbocycles. The second kappa shape index (κ2) is 8.60. The highest BCUT2D eigenvalue weighted by Gasteiger charge is 2.25. The van der Waals surface area contributed by atoms with E-state index in [1.807, 2.05) is 24.3 Å². The summed E-state index contributed by atoms with van der Waals surface area (Å²) in [5, 5.41) is 11.3. The maximum Gasteiger partial charge on any atom is 0.311 e. The minimum atomic E-state index is -0.524. The molecule has 0 spiro atoms. The van der Waals surface area contributed by atoms with Crippen molar-refractivity contribution in [3.8, 4) is 11.5 Å². The number of nitro groups is 1. The van der Waals surface area contributed by atoms with E-state index in [2.05, 4.69) is 4.90 Å². The molecule has 28 heavy (non-hydrogen) atoms. The molecule has 0 N–H and O–H groups in total. The van der Waals surface area contributed by atoms with Gasteiger partial charge in [-0.05, 0) is 43.3 Å². The Morgan fingerprint density at radius 1 is 1.11 bits per heavy atom. The van der Waals surface area contributed by atoms with Crippen molar-refractivity contribution in [1.29, 1.82) is 0 Å². The van der Waals surface area contributed by atoms with Crippen LogP contribution in [0.2, 0.25) is 0 Å². The van der Waals surface area contributed by atoms with Crippen LogP contribution in [0.25, 0.3) is 0 Å². The number of carbonyl (C=O) groups excluding carboxylic acids is 1. The molecule has 148 valence electrons. The van der Waals surface area contributed by atoms with E-state index < -0.39 is 4.92 Å². The number of carbonyl (C=O) groups is 1. The van der Waals surface area contributed by atoms with Gasteiger partial charge in [-0.15, -0.1) is 0 Å². The number of ether oxygens (including phenoxy) is 2. The topological polar surface area (TPSA) is 85.2 Å². The lowest BCUT2D eigenvalue weighted by Gasteiger charge is -2.36. The summed E-state index contributed by atoms with van der Waals surface area (Å²) in [4.78, 5) is 27.5. The van der Waals surface area contributed by atoms with Crippen LogP contribution >= 0.6 is 0 Å². The van der Waals surface area contributed by atoms with Crippen LogP contribution in [0.15, 0.2) is 42.5 Å². The van der Waals surface area contributed by atoms with Gasteiger partial charge < -0.3 is 19.3 Å². The molecule has 8 heteroatoms. The summed E-state index contributed by atoms with van der Waals surface area (Å²) in [5.74, 6) is 0.767. The highest BCUT2D eigenvalue weighted by Crippen LogP contribution is 2.29. The number of hydrogen-bond donors (Lipinski definition) is 0. The monoisotopic (exact) mass is 385 g/mol. The van der Waals surface area contributed by atoms with E-state index in [1.165, 1.54) is 12.1 Å². The van der Waals surface area contributed by atoms with E-state index in [0.29, 0.717) is 38.3 Å². The first kappa shape index (κ1) is 19.5. The largest absolute Gasteiger partial charge is 0.497 e. The van der Waals surface area contributed by atoms with Gasteiger partial charge in [-0.2, -0.15) is 0 Å². The zero-order valence-electron chi connectivity index (χ0n) is 16.0. The Balaban J connectivity index is 1.67. The third-order valence-corrected chi connectivity index (χ3v) is 4.71. The highest BCUT2D eigenvalue weighted by atomic mass is 16.6. The van der Waals surface area contributed by atoms with Crippen molar-refractivity contribution in [2.75, 3.05) is 44.8 Å².